The summed E-state index contributed by atoms with van der Waals surface area (Å²) in [6.07, 6.45) is 0. The summed E-state index contributed by atoms with van der Waals surface area (Å²) in [4.78, 5) is 4.48. The number of para-hydroxylation sites is 1. The Labute approximate surface area is 115 Å². The SMILES string of the molecule is CNc1ccccc1-c1nc(-c2cscc2C)no1. The molecular formula is C14H13N3OS. The second-order valence-corrected chi connectivity index (χ2v) is 4.93. The third-order valence-corrected chi connectivity index (χ3v) is 3.81. The summed E-state index contributed by atoms with van der Waals surface area (Å²) in [5, 5.41) is 11.3. The summed E-state index contributed by atoms with van der Waals surface area (Å²) in [6, 6.07) is 7.87. The minimum Gasteiger partial charge on any atom is -0.387 e. The number of anilines is 1. The number of hydrogen-bond acceptors (Lipinski definition) is 5. The van der Waals surface area contributed by atoms with Crippen LogP contribution >= 0.6 is 11.3 Å². The van der Waals surface area contributed by atoms with E-state index in [0.717, 1.165) is 16.8 Å². The molecule has 3 aromatic rings. The van der Waals surface area contributed by atoms with Crippen molar-refractivity contribution in [3.05, 3.63) is 40.6 Å². The Kier molecular flexibility index (Phi) is 3.05. The topological polar surface area (TPSA) is 51.0 Å². The van der Waals surface area contributed by atoms with Crippen molar-refractivity contribution in [1.82, 2.24) is 10.1 Å². The first-order chi connectivity index (χ1) is 9.29. The minimum absolute atomic E-state index is 0.533. The quantitative estimate of drug-likeness (QED) is 0.787. The Morgan fingerprint density at radius 2 is 2.00 bits per heavy atom. The van der Waals surface area contributed by atoms with E-state index in [4.69, 9.17) is 4.52 Å². The van der Waals surface area contributed by atoms with Gasteiger partial charge in [0.2, 0.25) is 5.82 Å². The Morgan fingerprint density at radius 3 is 2.74 bits per heavy atom. The van der Waals surface area contributed by atoms with Gasteiger partial charge in [0.05, 0.1) is 5.56 Å². The molecule has 5 heteroatoms. The van der Waals surface area contributed by atoms with Crippen molar-refractivity contribution in [1.29, 1.82) is 0 Å². The molecule has 0 spiro atoms. The molecule has 1 aromatic carbocycles. The van der Waals surface area contributed by atoms with Crippen LogP contribution in [0.2, 0.25) is 0 Å². The fraction of sp³-hybridized carbons (Fsp3) is 0.143. The molecule has 3 rings (SSSR count). The maximum atomic E-state index is 5.38. The second kappa shape index (κ2) is 4.85. The highest BCUT2D eigenvalue weighted by molar-refractivity contribution is 7.08. The number of thiophene rings is 1. The van der Waals surface area contributed by atoms with Crippen molar-refractivity contribution >= 4 is 17.0 Å². The number of rotatable bonds is 3. The molecule has 0 radical (unpaired) electrons. The van der Waals surface area contributed by atoms with Crippen LogP contribution in [0.3, 0.4) is 0 Å². The molecule has 4 nitrogen and oxygen atoms in total. The van der Waals surface area contributed by atoms with E-state index in [2.05, 4.69) is 20.8 Å². The van der Waals surface area contributed by atoms with Gasteiger partial charge in [-0.05, 0) is 30.0 Å². The first-order valence-electron chi connectivity index (χ1n) is 5.93. The predicted molar refractivity (Wildman–Crippen MR) is 77.3 cm³/mol. The second-order valence-electron chi connectivity index (χ2n) is 4.19. The van der Waals surface area contributed by atoms with Gasteiger partial charge in [-0.2, -0.15) is 16.3 Å². The number of aromatic nitrogens is 2. The van der Waals surface area contributed by atoms with Crippen LogP contribution in [0.4, 0.5) is 5.69 Å². The molecule has 2 heterocycles. The lowest BCUT2D eigenvalue weighted by Crippen LogP contribution is -1.91. The molecule has 2 aromatic heterocycles. The van der Waals surface area contributed by atoms with E-state index in [1.807, 2.05) is 43.6 Å². The van der Waals surface area contributed by atoms with Gasteiger partial charge in [0.15, 0.2) is 0 Å². The van der Waals surface area contributed by atoms with Crippen molar-refractivity contribution in [3.63, 3.8) is 0 Å². The van der Waals surface area contributed by atoms with Crippen LogP contribution in [0.1, 0.15) is 5.56 Å². The minimum atomic E-state index is 0.533. The molecule has 0 unspecified atom stereocenters. The molecule has 96 valence electrons. The molecule has 0 saturated heterocycles. The maximum absolute atomic E-state index is 5.38. The van der Waals surface area contributed by atoms with E-state index in [-0.39, 0.29) is 0 Å². The molecule has 0 aliphatic heterocycles. The van der Waals surface area contributed by atoms with E-state index < -0.39 is 0 Å². The first kappa shape index (κ1) is 11.9. The summed E-state index contributed by atoms with van der Waals surface area (Å²) >= 11 is 1.64. The van der Waals surface area contributed by atoms with Crippen LogP contribution in [-0.2, 0) is 0 Å². The highest BCUT2D eigenvalue weighted by Crippen LogP contribution is 2.30. The van der Waals surface area contributed by atoms with Gasteiger partial charge < -0.3 is 9.84 Å². The monoisotopic (exact) mass is 271 g/mol. The molecule has 19 heavy (non-hydrogen) atoms. The maximum Gasteiger partial charge on any atom is 0.260 e. The van der Waals surface area contributed by atoms with Crippen LogP contribution < -0.4 is 5.32 Å². The first-order valence-corrected chi connectivity index (χ1v) is 6.88. The van der Waals surface area contributed by atoms with Gasteiger partial charge in [0.25, 0.3) is 5.89 Å². The summed E-state index contributed by atoms with van der Waals surface area (Å²) in [6.45, 7) is 2.05. The van der Waals surface area contributed by atoms with Gasteiger partial charge in [0.1, 0.15) is 0 Å². The van der Waals surface area contributed by atoms with Crippen LogP contribution in [0.25, 0.3) is 22.8 Å². The zero-order chi connectivity index (χ0) is 13.2. The van der Waals surface area contributed by atoms with Gasteiger partial charge >= 0.3 is 0 Å². The van der Waals surface area contributed by atoms with Crippen LogP contribution in [0, 0.1) is 6.92 Å². The van der Waals surface area contributed by atoms with Crippen LogP contribution in [0.15, 0.2) is 39.5 Å². The summed E-state index contributed by atoms with van der Waals surface area (Å²) in [5.74, 6) is 1.17. The van der Waals surface area contributed by atoms with Crippen molar-refractivity contribution in [2.24, 2.45) is 0 Å². The average Bonchev–Trinajstić information content (AvgIpc) is 3.07. The molecule has 0 fully saturated rings. The lowest BCUT2D eigenvalue weighted by Gasteiger charge is -2.03. The van der Waals surface area contributed by atoms with Gasteiger partial charge in [0, 0.05) is 23.7 Å². The van der Waals surface area contributed by atoms with Crippen molar-refractivity contribution in [2.75, 3.05) is 12.4 Å². The van der Waals surface area contributed by atoms with E-state index >= 15 is 0 Å². The Morgan fingerprint density at radius 1 is 1.16 bits per heavy atom. The van der Waals surface area contributed by atoms with Gasteiger partial charge in [-0.3, -0.25) is 0 Å². The highest BCUT2D eigenvalue weighted by atomic mass is 32.1. The number of nitrogens with zero attached hydrogens (tertiary/aromatic N) is 2. The molecule has 0 atom stereocenters. The summed E-state index contributed by atoms with van der Waals surface area (Å²) < 4.78 is 5.38. The summed E-state index contributed by atoms with van der Waals surface area (Å²) in [5.41, 5.74) is 4.08. The lowest BCUT2D eigenvalue weighted by molar-refractivity contribution is 0.432. The zero-order valence-electron chi connectivity index (χ0n) is 10.7. The van der Waals surface area contributed by atoms with Crippen LogP contribution in [-0.4, -0.2) is 17.2 Å². The van der Waals surface area contributed by atoms with Crippen molar-refractivity contribution in [2.45, 2.75) is 6.92 Å². The number of benzene rings is 1. The largest absolute Gasteiger partial charge is 0.387 e. The van der Waals surface area contributed by atoms with Gasteiger partial charge in [-0.1, -0.05) is 17.3 Å². The number of hydrogen-bond donors (Lipinski definition) is 1. The molecule has 1 N–H and O–H groups in total. The predicted octanol–water partition coefficient (Wildman–Crippen LogP) is 3.82. The van der Waals surface area contributed by atoms with E-state index in [0.29, 0.717) is 11.7 Å². The fourth-order valence-electron chi connectivity index (χ4n) is 1.92. The summed E-state index contributed by atoms with van der Waals surface area (Å²) in [7, 11) is 1.87. The smallest absolute Gasteiger partial charge is 0.260 e. The standard InChI is InChI=1S/C14H13N3OS/c1-9-7-19-8-11(9)13-16-14(18-17-13)10-5-3-4-6-12(10)15-2/h3-8,15H,1-2H3. The third-order valence-electron chi connectivity index (χ3n) is 2.95. The average molecular weight is 271 g/mol. The molecule has 0 aliphatic carbocycles. The highest BCUT2D eigenvalue weighted by Gasteiger charge is 2.14. The van der Waals surface area contributed by atoms with E-state index in [1.54, 1.807) is 11.3 Å². The molecule has 0 saturated carbocycles. The Bertz CT molecular complexity index is 702. The van der Waals surface area contributed by atoms with E-state index in [1.165, 1.54) is 5.56 Å². The molecule has 0 amide bonds. The van der Waals surface area contributed by atoms with Crippen molar-refractivity contribution in [3.8, 4) is 22.8 Å². The van der Waals surface area contributed by atoms with Gasteiger partial charge in [-0.15, -0.1) is 0 Å². The normalized spacial score (nSPS) is 10.6. The van der Waals surface area contributed by atoms with Crippen molar-refractivity contribution < 1.29 is 4.52 Å². The van der Waals surface area contributed by atoms with Gasteiger partial charge in [-0.25, -0.2) is 0 Å². The zero-order valence-corrected chi connectivity index (χ0v) is 11.5. The molecule has 0 bridgehead atoms. The number of aryl methyl sites for hydroxylation is 1. The third kappa shape index (κ3) is 2.13. The van der Waals surface area contributed by atoms with Crippen LogP contribution in [0.5, 0.6) is 0 Å². The fourth-order valence-corrected chi connectivity index (χ4v) is 2.75. The Hall–Kier alpha value is -2.14. The van der Waals surface area contributed by atoms with E-state index in [9.17, 15) is 0 Å². The number of nitrogens with one attached hydrogen (secondary N) is 1. The lowest BCUT2D eigenvalue weighted by atomic mass is 10.1. The Balaban J connectivity index is 2.04. The molecular weight excluding hydrogens is 258 g/mol. The molecule has 0 aliphatic rings.